The van der Waals surface area contributed by atoms with Gasteiger partial charge in [0.25, 0.3) is 0 Å². The average molecular weight is 370 g/mol. The molecule has 0 saturated carbocycles. The number of rotatable bonds is 5. The van der Waals surface area contributed by atoms with Crippen molar-refractivity contribution in [2.75, 3.05) is 0 Å². The monoisotopic (exact) mass is 368 g/mol. The van der Waals surface area contributed by atoms with Crippen LogP contribution in [-0.4, -0.2) is 17.2 Å². The SMILES string of the molecule is Cc1cc(OC(Cc2ccc(Br)cc2)C(=O)O)ccc1Cl. The second kappa shape index (κ2) is 6.96. The largest absolute Gasteiger partial charge is 0.478 e. The van der Waals surface area contributed by atoms with Crippen LogP contribution in [-0.2, 0) is 11.2 Å². The second-order valence-corrected chi connectivity index (χ2v) is 6.01. The molecule has 0 heterocycles. The summed E-state index contributed by atoms with van der Waals surface area (Å²) in [6, 6.07) is 12.6. The van der Waals surface area contributed by atoms with E-state index in [0.29, 0.717) is 17.2 Å². The van der Waals surface area contributed by atoms with Crippen molar-refractivity contribution in [3.8, 4) is 5.75 Å². The van der Waals surface area contributed by atoms with E-state index in [0.717, 1.165) is 15.6 Å². The minimum atomic E-state index is -0.995. The van der Waals surface area contributed by atoms with Gasteiger partial charge in [-0.15, -0.1) is 0 Å². The van der Waals surface area contributed by atoms with Crippen LogP contribution >= 0.6 is 27.5 Å². The van der Waals surface area contributed by atoms with E-state index in [4.69, 9.17) is 16.3 Å². The Morgan fingerprint density at radius 3 is 2.52 bits per heavy atom. The quantitative estimate of drug-likeness (QED) is 0.845. The fraction of sp³-hybridized carbons (Fsp3) is 0.188. The van der Waals surface area contributed by atoms with E-state index in [9.17, 15) is 9.90 Å². The van der Waals surface area contributed by atoms with Crippen molar-refractivity contribution in [2.45, 2.75) is 19.4 Å². The minimum Gasteiger partial charge on any atom is -0.478 e. The molecule has 0 radical (unpaired) electrons. The summed E-state index contributed by atoms with van der Waals surface area (Å²) in [6.45, 7) is 1.85. The normalized spacial score (nSPS) is 12.0. The Bertz CT molecular complexity index is 640. The zero-order valence-corrected chi connectivity index (χ0v) is 13.7. The van der Waals surface area contributed by atoms with Gasteiger partial charge < -0.3 is 9.84 Å². The van der Waals surface area contributed by atoms with Gasteiger partial charge in [-0.25, -0.2) is 4.79 Å². The second-order valence-electron chi connectivity index (χ2n) is 4.69. The van der Waals surface area contributed by atoms with Gasteiger partial charge in [0.1, 0.15) is 5.75 Å². The molecule has 2 rings (SSSR count). The summed E-state index contributed by atoms with van der Waals surface area (Å²) in [6.07, 6.45) is -0.642. The first kappa shape index (κ1) is 15.9. The molecule has 0 bridgehead atoms. The summed E-state index contributed by atoms with van der Waals surface area (Å²) >= 11 is 9.30. The van der Waals surface area contributed by atoms with Crippen LogP contribution in [0.5, 0.6) is 5.75 Å². The number of benzene rings is 2. The summed E-state index contributed by atoms with van der Waals surface area (Å²) in [4.78, 5) is 11.4. The van der Waals surface area contributed by atoms with Crippen molar-refractivity contribution in [3.63, 3.8) is 0 Å². The van der Waals surface area contributed by atoms with Crippen LogP contribution < -0.4 is 4.74 Å². The molecule has 5 heteroatoms. The highest BCUT2D eigenvalue weighted by molar-refractivity contribution is 9.10. The topological polar surface area (TPSA) is 46.5 Å². The van der Waals surface area contributed by atoms with Gasteiger partial charge in [0, 0.05) is 15.9 Å². The van der Waals surface area contributed by atoms with Gasteiger partial charge in [-0.3, -0.25) is 0 Å². The van der Waals surface area contributed by atoms with E-state index >= 15 is 0 Å². The first-order chi connectivity index (χ1) is 9.95. The molecular weight excluding hydrogens is 356 g/mol. The van der Waals surface area contributed by atoms with Crippen molar-refractivity contribution in [2.24, 2.45) is 0 Å². The lowest BCUT2D eigenvalue weighted by atomic mass is 10.1. The molecule has 1 atom stereocenters. The summed E-state index contributed by atoms with van der Waals surface area (Å²) in [5, 5.41) is 9.94. The van der Waals surface area contributed by atoms with Crippen molar-refractivity contribution in [3.05, 3.63) is 63.1 Å². The van der Waals surface area contributed by atoms with Gasteiger partial charge in [-0.2, -0.15) is 0 Å². The Hall–Kier alpha value is -1.52. The van der Waals surface area contributed by atoms with Crippen LogP contribution in [0.2, 0.25) is 5.02 Å². The molecule has 0 aliphatic rings. The highest BCUT2D eigenvalue weighted by atomic mass is 79.9. The lowest BCUT2D eigenvalue weighted by Crippen LogP contribution is -2.29. The van der Waals surface area contributed by atoms with Gasteiger partial charge in [-0.05, 0) is 48.4 Å². The number of hydrogen-bond acceptors (Lipinski definition) is 2. The molecule has 1 N–H and O–H groups in total. The smallest absolute Gasteiger partial charge is 0.345 e. The Labute approximate surface area is 136 Å². The van der Waals surface area contributed by atoms with Gasteiger partial charge in [0.15, 0.2) is 6.10 Å². The van der Waals surface area contributed by atoms with Crippen LogP contribution in [0.4, 0.5) is 0 Å². The van der Waals surface area contributed by atoms with E-state index in [1.807, 2.05) is 31.2 Å². The van der Waals surface area contributed by atoms with Crippen LogP contribution in [0.1, 0.15) is 11.1 Å². The third kappa shape index (κ3) is 4.48. The van der Waals surface area contributed by atoms with Gasteiger partial charge in [0.2, 0.25) is 0 Å². The average Bonchev–Trinajstić information content (AvgIpc) is 2.44. The molecule has 110 valence electrons. The van der Waals surface area contributed by atoms with Gasteiger partial charge in [0.05, 0.1) is 0 Å². The third-order valence-electron chi connectivity index (χ3n) is 3.02. The minimum absolute atomic E-state index is 0.296. The Morgan fingerprint density at radius 2 is 1.95 bits per heavy atom. The molecule has 1 unspecified atom stereocenters. The first-order valence-corrected chi connectivity index (χ1v) is 7.53. The van der Waals surface area contributed by atoms with Crippen LogP contribution in [0.25, 0.3) is 0 Å². The van der Waals surface area contributed by atoms with Crippen LogP contribution in [0, 0.1) is 6.92 Å². The lowest BCUT2D eigenvalue weighted by Gasteiger charge is -2.16. The molecule has 0 fully saturated rings. The number of ether oxygens (including phenoxy) is 1. The maximum atomic E-state index is 11.4. The van der Waals surface area contributed by atoms with E-state index < -0.39 is 12.1 Å². The zero-order chi connectivity index (χ0) is 15.4. The highest BCUT2D eigenvalue weighted by Gasteiger charge is 2.20. The molecule has 3 nitrogen and oxygen atoms in total. The molecule has 2 aromatic carbocycles. The van der Waals surface area contributed by atoms with Crippen molar-refractivity contribution < 1.29 is 14.6 Å². The van der Waals surface area contributed by atoms with Crippen molar-refractivity contribution >= 4 is 33.5 Å². The van der Waals surface area contributed by atoms with Gasteiger partial charge in [-0.1, -0.05) is 39.7 Å². The highest BCUT2D eigenvalue weighted by Crippen LogP contribution is 2.23. The van der Waals surface area contributed by atoms with E-state index in [1.54, 1.807) is 18.2 Å². The number of aryl methyl sites for hydroxylation is 1. The number of carboxylic acid groups (broad SMARTS) is 1. The maximum absolute atomic E-state index is 11.4. The first-order valence-electron chi connectivity index (χ1n) is 6.36. The molecule has 0 aliphatic heterocycles. The zero-order valence-electron chi connectivity index (χ0n) is 11.3. The summed E-state index contributed by atoms with van der Waals surface area (Å²) in [5.41, 5.74) is 1.75. The van der Waals surface area contributed by atoms with Crippen molar-refractivity contribution in [1.82, 2.24) is 0 Å². The maximum Gasteiger partial charge on any atom is 0.345 e. The van der Waals surface area contributed by atoms with Crippen LogP contribution in [0.15, 0.2) is 46.9 Å². The molecular formula is C16H14BrClO3. The summed E-state index contributed by atoms with van der Waals surface area (Å²) in [7, 11) is 0. The van der Waals surface area contributed by atoms with E-state index in [2.05, 4.69) is 15.9 Å². The standard InChI is InChI=1S/C16H14BrClO3/c1-10-8-13(6-7-14(10)18)21-15(16(19)20)9-11-2-4-12(17)5-3-11/h2-8,15H,9H2,1H3,(H,19,20). The summed E-state index contributed by atoms with van der Waals surface area (Å²) in [5.74, 6) is -0.494. The van der Waals surface area contributed by atoms with E-state index in [1.165, 1.54) is 0 Å². The number of carbonyl (C=O) groups is 1. The molecule has 0 saturated heterocycles. The third-order valence-corrected chi connectivity index (χ3v) is 3.97. The summed E-state index contributed by atoms with van der Waals surface area (Å²) < 4.78 is 6.53. The fourth-order valence-corrected chi connectivity index (χ4v) is 2.25. The lowest BCUT2D eigenvalue weighted by molar-refractivity contribution is -0.145. The molecule has 21 heavy (non-hydrogen) atoms. The number of aliphatic carboxylic acids is 1. The molecule has 0 aliphatic carbocycles. The molecule has 0 spiro atoms. The predicted molar refractivity (Wildman–Crippen MR) is 86.1 cm³/mol. The van der Waals surface area contributed by atoms with Gasteiger partial charge >= 0.3 is 5.97 Å². The molecule has 0 aromatic heterocycles. The molecule has 0 amide bonds. The Morgan fingerprint density at radius 1 is 1.29 bits per heavy atom. The molecule has 2 aromatic rings. The van der Waals surface area contributed by atoms with Crippen molar-refractivity contribution in [1.29, 1.82) is 0 Å². The Balaban J connectivity index is 2.13. The Kier molecular flexibility index (Phi) is 5.26. The number of halogens is 2. The fourth-order valence-electron chi connectivity index (χ4n) is 1.87. The van der Waals surface area contributed by atoms with E-state index in [-0.39, 0.29) is 0 Å². The predicted octanol–water partition coefficient (Wildman–Crippen LogP) is 4.49. The number of hydrogen-bond donors (Lipinski definition) is 1. The number of carboxylic acids is 1. The van der Waals surface area contributed by atoms with Crippen LogP contribution in [0.3, 0.4) is 0 Å².